The number of aryl methyl sites for hydroxylation is 1. The summed E-state index contributed by atoms with van der Waals surface area (Å²) in [5.41, 5.74) is 14.6. The van der Waals surface area contributed by atoms with Gasteiger partial charge in [0.1, 0.15) is 5.84 Å². The van der Waals surface area contributed by atoms with E-state index in [-0.39, 0.29) is 0 Å². The summed E-state index contributed by atoms with van der Waals surface area (Å²) in [7, 11) is 0. The lowest BCUT2D eigenvalue weighted by Crippen LogP contribution is -2.24. The lowest BCUT2D eigenvalue weighted by atomic mass is 10.1. The average Bonchev–Trinajstić information content (AvgIpc) is 3.07. The van der Waals surface area contributed by atoms with Crippen LogP contribution < -0.4 is 16.8 Å². The zero-order valence-corrected chi connectivity index (χ0v) is 13.7. The molecule has 0 amide bonds. The molecule has 1 aliphatic rings. The highest BCUT2D eigenvalue weighted by Gasteiger charge is 2.12. The molecular formula is C17H26N6. The van der Waals surface area contributed by atoms with Gasteiger partial charge in [0.2, 0.25) is 0 Å². The van der Waals surface area contributed by atoms with Gasteiger partial charge in [-0.15, -0.1) is 0 Å². The number of amidine groups is 1. The molecule has 6 heteroatoms. The first-order valence-corrected chi connectivity index (χ1v) is 8.05. The van der Waals surface area contributed by atoms with E-state index in [0.29, 0.717) is 18.4 Å². The number of aromatic nitrogens is 1. The van der Waals surface area contributed by atoms with Crippen molar-refractivity contribution in [1.29, 1.82) is 0 Å². The molecule has 1 atom stereocenters. The van der Waals surface area contributed by atoms with Crippen LogP contribution in [-0.4, -0.2) is 42.7 Å². The first kappa shape index (κ1) is 17.1. The third kappa shape index (κ3) is 5.49. The number of pyridine rings is 1. The Kier molecular flexibility index (Phi) is 6.75. The van der Waals surface area contributed by atoms with Gasteiger partial charge in [-0.2, -0.15) is 0 Å². The van der Waals surface area contributed by atoms with Gasteiger partial charge in [-0.05, 0) is 56.1 Å². The first-order valence-electron chi connectivity index (χ1n) is 8.05. The molecule has 2 heterocycles. The van der Waals surface area contributed by atoms with E-state index in [1.807, 2.05) is 19.2 Å². The molecule has 2 rings (SSSR count). The maximum absolute atomic E-state index is 6.04. The minimum atomic E-state index is 0.508. The second-order valence-electron chi connectivity index (χ2n) is 5.74. The van der Waals surface area contributed by atoms with E-state index in [0.717, 1.165) is 36.2 Å². The van der Waals surface area contributed by atoms with Gasteiger partial charge in [-0.25, -0.2) is 0 Å². The first-order chi connectivity index (χ1) is 11.2. The van der Waals surface area contributed by atoms with Gasteiger partial charge in [0.25, 0.3) is 0 Å². The van der Waals surface area contributed by atoms with E-state index < -0.39 is 0 Å². The zero-order chi connectivity index (χ0) is 16.5. The normalized spacial score (nSPS) is 19.6. The van der Waals surface area contributed by atoms with Crippen molar-refractivity contribution < 1.29 is 0 Å². The lowest BCUT2D eigenvalue weighted by molar-refractivity contribution is 0.618. The second kappa shape index (κ2) is 9.05. The van der Waals surface area contributed by atoms with Crippen molar-refractivity contribution in [3.05, 3.63) is 41.4 Å². The van der Waals surface area contributed by atoms with Crippen LogP contribution in [0.4, 0.5) is 0 Å². The molecule has 0 spiro atoms. The van der Waals surface area contributed by atoms with Gasteiger partial charge in [0.05, 0.1) is 6.54 Å². The van der Waals surface area contributed by atoms with Gasteiger partial charge >= 0.3 is 0 Å². The minimum absolute atomic E-state index is 0.508. The fourth-order valence-corrected chi connectivity index (χ4v) is 2.55. The number of hydrogen-bond acceptors (Lipinski definition) is 5. The summed E-state index contributed by atoms with van der Waals surface area (Å²) in [5, 5.41) is 3.42. The molecule has 1 unspecified atom stereocenters. The van der Waals surface area contributed by atoms with Crippen LogP contribution in [0.5, 0.6) is 0 Å². The minimum Gasteiger partial charge on any atom is -0.404 e. The largest absolute Gasteiger partial charge is 0.404 e. The number of aliphatic imine (C=N–C) groups is 2. The van der Waals surface area contributed by atoms with Gasteiger partial charge in [-0.3, -0.25) is 15.0 Å². The monoisotopic (exact) mass is 314 g/mol. The summed E-state index contributed by atoms with van der Waals surface area (Å²) in [4.78, 5) is 13.0. The highest BCUT2D eigenvalue weighted by atomic mass is 15.0. The van der Waals surface area contributed by atoms with E-state index >= 15 is 0 Å². The van der Waals surface area contributed by atoms with Crippen molar-refractivity contribution in [2.75, 3.05) is 19.6 Å². The molecule has 1 aromatic heterocycles. The Balaban J connectivity index is 1.82. The summed E-state index contributed by atoms with van der Waals surface area (Å²) in [6.45, 7) is 4.46. The summed E-state index contributed by atoms with van der Waals surface area (Å²) in [6, 6.07) is 2.39. The van der Waals surface area contributed by atoms with Crippen molar-refractivity contribution in [2.24, 2.45) is 21.5 Å². The molecule has 1 saturated heterocycles. The molecular weight excluding hydrogens is 288 g/mol. The Labute approximate surface area is 137 Å². The fourth-order valence-electron chi connectivity index (χ4n) is 2.55. The van der Waals surface area contributed by atoms with E-state index in [9.17, 15) is 0 Å². The summed E-state index contributed by atoms with van der Waals surface area (Å²) >= 11 is 0. The predicted molar refractivity (Wildman–Crippen MR) is 95.8 cm³/mol. The highest BCUT2D eigenvalue weighted by molar-refractivity contribution is 5.98. The van der Waals surface area contributed by atoms with E-state index in [4.69, 9.17) is 11.5 Å². The Bertz CT molecular complexity index is 585. The van der Waals surface area contributed by atoms with Crippen LogP contribution in [0.1, 0.15) is 30.4 Å². The van der Waals surface area contributed by atoms with Crippen LogP contribution >= 0.6 is 0 Å². The molecule has 1 aliphatic heterocycles. The fraction of sp³-hybridized carbons (Fsp3) is 0.471. The lowest BCUT2D eigenvalue weighted by Gasteiger charge is -2.06. The van der Waals surface area contributed by atoms with Crippen LogP contribution in [-0.2, 0) is 0 Å². The van der Waals surface area contributed by atoms with E-state index in [1.165, 1.54) is 12.8 Å². The Morgan fingerprint density at radius 3 is 3.09 bits per heavy atom. The van der Waals surface area contributed by atoms with E-state index in [1.54, 1.807) is 18.6 Å². The molecule has 23 heavy (non-hydrogen) atoms. The molecule has 0 aromatic carbocycles. The van der Waals surface area contributed by atoms with Crippen LogP contribution in [0, 0.1) is 6.92 Å². The number of nitrogens with two attached hydrogens (primary N) is 2. The van der Waals surface area contributed by atoms with Crippen molar-refractivity contribution in [3.8, 4) is 0 Å². The standard InChI is InChI=1S/C17H26N6/c1-13-10-20-7-5-16(13)17(19)23-8-4-14(9-18)11-21-12-15-3-2-6-22-15/h5,7,9-11,15,22H,2-4,6,8,12,18H2,1H3,(H2,19,23). The van der Waals surface area contributed by atoms with Crippen LogP contribution in [0.3, 0.4) is 0 Å². The van der Waals surface area contributed by atoms with Crippen molar-refractivity contribution in [3.63, 3.8) is 0 Å². The van der Waals surface area contributed by atoms with E-state index in [2.05, 4.69) is 20.3 Å². The maximum atomic E-state index is 6.04. The van der Waals surface area contributed by atoms with Crippen LogP contribution in [0.15, 0.2) is 40.2 Å². The van der Waals surface area contributed by atoms with Crippen molar-refractivity contribution >= 4 is 12.1 Å². The molecule has 1 fully saturated rings. The molecule has 0 aliphatic carbocycles. The summed E-state index contributed by atoms with van der Waals surface area (Å²) in [6.07, 6.45) is 10.1. The quantitative estimate of drug-likeness (QED) is 0.519. The van der Waals surface area contributed by atoms with Crippen molar-refractivity contribution in [1.82, 2.24) is 10.3 Å². The Morgan fingerprint density at radius 2 is 2.39 bits per heavy atom. The highest BCUT2D eigenvalue weighted by Crippen LogP contribution is 2.06. The van der Waals surface area contributed by atoms with Gasteiger partial charge in [0.15, 0.2) is 0 Å². The van der Waals surface area contributed by atoms with Crippen molar-refractivity contribution in [2.45, 2.75) is 32.2 Å². The number of hydrogen-bond donors (Lipinski definition) is 3. The molecule has 0 saturated carbocycles. The topological polar surface area (TPSA) is 102 Å². The molecule has 0 radical (unpaired) electrons. The Morgan fingerprint density at radius 1 is 1.52 bits per heavy atom. The number of nitrogens with one attached hydrogen (secondary N) is 1. The summed E-state index contributed by atoms with van der Waals surface area (Å²) in [5.74, 6) is 0.536. The van der Waals surface area contributed by atoms with Gasteiger partial charge in [-0.1, -0.05) is 0 Å². The summed E-state index contributed by atoms with van der Waals surface area (Å²) < 4.78 is 0. The second-order valence-corrected chi connectivity index (χ2v) is 5.74. The maximum Gasteiger partial charge on any atom is 0.126 e. The van der Waals surface area contributed by atoms with Gasteiger partial charge < -0.3 is 16.8 Å². The van der Waals surface area contributed by atoms with Crippen LogP contribution in [0.25, 0.3) is 0 Å². The zero-order valence-electron chi connectivity index (χ0n) is 13.7. The molecule has 124 valence electrons. The smallest absolute Gasteiger partial charge is 0.126 e. The Hall–Kier alpha value is -2.21. The number of rotatable bonds is 7. The molecule has 1 aromatic rings. The molecule has 5 N–H and O–H groups in total. The van der Waals surface area contributed by atoms with Gasteiger partial charge in [0, 0.05) is 36.8 Å². The SMILES string of the molecule is Cc1cnccc1C(N)=NCCC(C=NCC1CCCN1)=CN. The average molecular weight is 314 g/mol. The van der Waals surface area contributed by atoms with Crippen LogP contribution in [0.2, 0.25) is 0 Å². The molecule has 6 nitrogen and oxygen atoms in total. The predicted octanol–water partition coefficient (Wildman–Crippen LogP) is 1.15. The third-order valence-electron chi connectivity index (χ3n) is 3.94. The third-order valence-corrected chi connectivity index (χ3v) is 3.94. The molecule has 0 bridgehead atoms. The number of nitrogens with zero attached hydrogens (tertiary/aromatic N) is 3.